The fraction of sp³-hybridized carbons (Fsp3) is 0.953. The van der Waals surface area contributed by atoms with Gasteiger partial charge >= 0.3 is 39.5 Å². The second kappa shape index (κ2) is 74.8. The highest BCUT2D eigenvalue weighted by atomic mass is 31.2. The molecule has 0 fully saturated rings. The van der Waals surface area contributed by atoms with Crippen LogP contribution in [-0.2, 0) is 65.4 Å². The molecule has 3 N–H and O–H groups in total. The van der Waals surface area contributed by atoms with Gasteiger partial charge in [0.1, 0.15) is 19.3 Å². The van der Waals surface area contributed by atoms with E-state index in [1.807, 2.05) is 0 Å². The summed E-state index contributed by atoms with van der Waals surface area (Å²) in [6.45, 7) is 14.3. The quantitative estimate of drug-likeness (QED) is 0.0222. The van der Waals surface area contributed by atoms with Gasteiger partial charge in [-0.1, -0.05) is 396 Å². The Bertz CT molecular complexity index is 2050. The van der Waals surface area contributed by atoms with Gasteiger partial charge in [-0.3, -0.25) is 37.3 Å². The maximum atomic E-state index is 13.1. The fourth-order valence-electron chi connectivity index (χ4n) is 13.3. The number of rotatable bonds is 83. The lowest BCUT2D eigenvalue weighted by molar-refractivity contribution is -0.161. The first-order chi connectivity index (χ1) is 50.7. The monoisotopic (exact) mass is 1540 g/mol. The Morgan fingerprint density at radius 1 is 0.267 bits per heavy atom. The molecular formula is C86H168O17P2. The number of unbranched alkanes of at least 4 members (excludes halogenated alkanes) is 47. The lowest BCUT2D eigenvalue weighted by Gasteiger charge is -2.21. The van der Waals surface area contributed by atoms with E-state index in [0.717, 1.165) is 108 Å². The average Bonchev–Trinajstić information content (AvgIpc) is 0.979. The van der Waals surface area contributed by atoms with E-state index in [0.29, 0.717) is 37.5 Å². The van der Waals surface area contributed by atoms with Crippen molar-refractivity contribution in [3.05, 3.63) is 0 Å². The summed E-state index contributed by atoms with van der Waals surface area (Å²) >= 11 is 0. The summed E-state index contributed by atoms with van der Waals surface area (Å²) in [7, 11) is -9.93. The summed E-state index contributed by atoms with van der Waals surface area (Å²) in [5.41, 5.74) is 0. The normalized spacial score (nSPS) is 14.4. The molecule has 105 heavy (non-hydrogen) atoms. The van der Waals surface area contributed by atoms with Crippen LogP contribution in [0.2, 0.25) is 0 Å². The smallest absolute Gasteiger partial charge is 0.462 e. The molecule has 0 bridgehead atoms. The lowest BCUT2D eigenvalue weighted by atomic mass is 9.99. The standard InChI is InChI=1S/C86H168O17P2/c1-9-78(7)64-56-48-40-31-27-23-19-15-11-13-17-21-25-29-33-42-50-58-66-83(88)96-72-81(103-86(91)69-61-53-44-36-35-38-46-54-62-76(3)4)74-100-104(92,93)98-70-80(87)71-99-105(94,95)101-75-82(73-97-84(89)67-59-51-45-37-39-47-55-63-77(5)6)102-85(90)68-60-52-43-34-30-26-22-18-14-12-16-20-24-28-32-41-49-57-65-79(8)10-2/h76-82,87H,9-75H2,1-8H3,(H,92,93)(H,94,95)/t78?,79?,80?,81-,82-/m1/s1. The second-order valence-corrected chi connectivity index (χ2v) is 35.3. The molecule has 0 amide bonds. The molecule has 0 rings (SSSR count). The van der Waals surface area contributed by atoms with Crippen LogP contribution in [0.4, 0.5) is 0 Å². The van der Waals surface area contributed by atoms with Crippen molar-refractivity contribution < 1.29 is 80.2 Å². The number of aliphatic hydroxyl groups excluding tert-OH is 1. The lowest BCUT2D eigenvalue weighted by Crippen LogP contribution is -2.30. The van der Waals surface area contributed by atoms with E-state index < -0.39 is 97.5 Å². The van der Waals surface area contributed by atoms with Crippen LogP contribution in [0.15, 0.2) is 0 Å². The molecule has 0 aromatic heterocycles. The highest BCUT2D eigenvalue weighted by Gasteiger charge is 2.31. The van der Waals surface area contributed by atoms with Crippen molar-refractivity contribution in [1.29, 1.82) is 0 Å². The first-order valence-corrected chi connectivity index (χ1v) is 47.3. The summed E-state index contributed by atoms with van der Waals surface area (Å²) in [6, 6.07) is 0. The van der Waals surface area contributed by atoms with Gasteiger partial charge in [-0.05, 0) is 49.4 Å². The van der Waals surface area contributed by atoms with Crippen molar-refractivity contribution >= 4 is 39.5 Å². The van der Waals surface area contributed by atoms with Crippen molar-refractivity contribution in [3.8, 4) is 0 Å². The Balaban J connectivity index is 5.12. The maximum Gasteiger partial charge on any atom is 0.472 e. The molecule has 19 heteroatoms. The van der Waals surface area contributed by atoms with E-state index in [-0.39, 0.29) is 25.7 Å². The van der Waals surface area contributed by atoms with E-state index in [1.54, 1.807) is 0 Å². The number of phosphoric ester groups is 2. The molecule has 624 valence electrons. The van der Waals surface area contributed by atoms with E-state index in [2.05, 4.69) is 55.4 Å². The molecule has 0 spiro atoms. The van der Waals surface area contributed by atoms with Crippen molar-refractivity contribution in [1.82, 2.24) is 0 Å². The number of phosphoric acid groups is 2. The van der Waals surface area contributed by atoms with Crippen molar-refractivity contribution in [2.45, 2.75) is 465 Å². The Morgan fingerprint density at radius 3 is 0.676 bits per heavy atom. The Labute approximate surface area is 645 Å². The summed E-state index contributed by atoms with van der Waals surface area (Å²) in [5, 5.41) is 10.7. The number of aliphatic hydroxyl groups is 1. The predicted molar refractivity (Wildman–Crippen MR) is 432 cm³/mol. The molecule has 0 aliphatic carbocycles. The molecule has 0 saturated heterocycles. The minimum absolute atomic E-state index is 0.105. The SMILES string of the molecule is CCC(C)CCCCCCCCCCCCCCCCCCCCC(=O)OC[C@H](COP(=O)(O)OCC(O)COP(=O)(O)OC[C@@H](COC(=O)CCCCCCCCCC(C)C)OC(=O)CCCCCCCCCCCCCCCCCCCCC(C)CC)OC(=O)CCCCCCCCCCC(C)C. The first-order valence-electron chi connectivity index (χ1n) is 44.3. The van der Waals surface area contributed by atoms with E-state index >= 15 is 0 Å². The van der Waals surface area contributed by atoms with Gasteiger partial charge in [-0.25, -0.2) is 9.13 Å². The van der Waals surface area contributed by atoms with Crippen LogP contribution < -0.4 is 0 Å². The summed E-state index contributed by atoms with van der Waals surface area (Å²) in [4.78, 5) is 73.1. The van der Waals surface area contributed by atoms with Gasteiger partial charge < -0.3 is 33.8 Å². The van der Waals surface area contributed by atoms with Gasteiger partial charge in [0.05, 0.1) is 26.4 Å². The maximum absolute atomic E-state index is 13.1. The summed E-state index contributed by atoms with van der Waals surface area (Å²) in [6.07, 6.45) is 64.1. The topological polar surface area (TPSA) is 237 Å². The molecule has 7 atom stereocenters. The van der Waals surface area contributed by atoms with E-state index in [9.17, 15) is 43.2 Å². The largest absolute Gasteiger partial charge is 0.472 e. The van der Waals surface area contributed by atoms with Gasteiger partial charge in [0.2, 0.25) is 0 Å². The zero-order valence-electron chi connectivity index (χ0n) is 69.4. The molecule has 0 heterocycles. The summed E-state index contributed by atoms with van der Waals surface area (Å²) < 4.78 is 68.8. The third-order valence-corrected chi connectivity index (χ3v) is 22.7. The van der Waals surface area contributed by atoms with Crippen LogP contribution in [0, 0.1) is 23.7 Å². The highest BCUT2D eigenvalue weighted by Crippen LogP contribution is 2.45. The fourth-order valence-corrected chi connectivity index (χ4v) is 14.8. The number of ether oxygens (including phenoxy) is 4. The molecule has 0 aromatic carbocycles. The van der Waals surface area contributed by atoms with Crippen LogP contribution in [0.1, 0.15) is 447 Å². The zero-order valence-corrected chi connectivity index (χ0v) is 71.2. The van der Waals surface area contributed by atoms with Gasteiger partial charge in [0.25, 0.3) is 0 Å². The van der Waals surface area contributed by atoms with Crippen molar-refractivity contribution in [3.63, 3.8) is 0 Å². The Morgan fingerprint density at radius 2 is 0.457 bits per heavy atom. The van der Waals surface area contributed by atoms with Crippen molar-refractivity contribution in [2.75, 3.05) is 39.6 Å². The van der Waals surface area contributed by atoms with Crippen LogP contribution in [0.3, 0.4) is 0 Å². The van der Waals surface area contributed by atoms with Crippen LogP contribution in [0.25, 0.3) is 0 Å². The molecule has 5 unspecified atom stereocenters. The van der Waals surface area contributed by atoms with Gasteiger partial charge in [-0.15, -0.1) is 0 Å². The number of hydrogen-bond acceptors (Lipinski definition) is 15. The Hall–Kier alpha value is -1.94. The second-order valence-electron chi connectivity index (χ2n) is 32.4. The van der Waals surface area contributed by atoms with Gasteiger partial charge in [0, 0.05) is 25.7 Å². The van der Waals surface area contributed by atoms with E-state index in [1.165, 1.54) is 244 Å². The minimum atomic E-state index is -4.96. The van der Waals surface area contributed by atoms with Crippen LogP contribution in [-0.4, -0.2) is 96.7 Å². The molecule has 0 aromatic rings. The summed E-state index contributed by atoms with van der Waals surface area (Å²) in [5.74, 6) is 1.06. The number of carbonyl (C=O) groups is 4. The van der Waals surface area contributed by atoms with E-state index in [4.69, 9.17) is 37.0 Å². The van der Waals surface area contributed by atoms with Crippen molar-refractivity contribution in [2.24, 2.45) is 23.7 Å². The van der Waals surface area contributed by atoms with Gasteiger partial charge in [-0.2, -0.15) is 0 Å². The Kier molecular flexibility index (Phi) is 73.4. The van der Waals surface area contributed by atoms with Gasteiger partial charge in [0.15, 0.2) is 12.2 Å². The molecule has 0 aliphatic heterocycles. The first kappa shape index (κ1) is 103. The third kappa shape index (κ3) is 77.2. The zero-order chi connectivity index (χ0) is 77.4. The van der Waals surface area contributed by atoms with Crippen LogP contribution >= 0.6 is 15.6 Å². The molecular weight excluding hydrogens is 1370 g/mol. The minimum Gasteiger partial charge on any atom is -0.462 e. The molecule has 0 radical (unpaired) electrons. The third-order valence-electron chi connectivity index (χ3n) is 20.8. The number of hydrogen-bond donors (Lipinski definition) is 3. The molecule has 17 nitrogen and oxygen atoms in total. The molecule has 0 saturated carbocycles. The molecule has 0 aliphatic rings. The van der Waals surface area contributed by atoms with Crippen LogP contribution in [0.5, 0.6) is 0 Å². The predicted octanol–water partition coefficient (Wildman–Crippen LogP) is 25.9. The average molecular weight is 1540 g/mol. The number of carbonyl (C=O) groups excluding carboxylic acids is 4. The highest BCUT2D eigenvalue weighted by molar-refractivity contribution is 7.47. The number of esters is 4.